The van der Waals surface area contributed by atoms with Crippen molar-refractivity contribution in [3.8, 4) is 17.6 Å². The molecule has 0 aromatic heterocycles. The Labute approximate surface area is 249 Å². The number of benzene rings is 3. The molecular weight excluding hydrogens is 548 g/mol. The quantitative estimate of drug-likeness (QED) is 0.105. The summed E-state index contributed by atoms with van der Waals surface area (Å²) in [5.41, 5.74) is 2.41. The van der Waals surface area contributed by atoms with Gasteiger partial charge >= 0.3 is 6.09 Å². The van der Waals surface area contributed by atoms with E-state index in [1.165, 1.54) is 17.0 Å². The number of hydrogen-bond donors (Lipinski definition) is 1. The Hall–Kier alpha value is -4.13. The minimum absolute atomic E-state index is 0.00438. The average Bonchev–Trinajstić information content (AvgIpc) is 2.95. The molecule has 0 saturated heterocycles. The summed E-state index contributed by atoms with van der Waals surface area (Å²) >= 11 is 0. The van der Waals surface area contributed by atoms with Gasteiger partial charge in [0.1, 0.15) is 5.75 Å². The molecule has 0 aliphatic carbocycles. The van der Waals surface area contributed by atoms with Gasteiger partial charge in [0.15, 0.2) is 8.32 Å². The number of carbonyl (C=O) groups is 1. The third-order valence-electron chi connectivity index (χ3n) is 7.74. The van der Waals surface area contributed by atoms with Crippen molar-refractivity contribution in [2.24, 2.45) is 0 Å². The normalized spacial score (nSPS) is 12.9. The van der Waals surface area contributed by atoms with Gasteiger partial charge in [-0.2, -0.15) is 0 Å². The van der Waals surface area contributed by atoms with Crippen molar-refractivity contribution in [3.05, 3.63) is 106 Å². The molecule has 1 unspecified atom stereocenters. The second kappa shape index (κ2) is 14.2. The topological polar surface area (TPSA) is 102 Å². The van der Waals surface area contributed by atoms with Gasteiger partial charge in [-0.1, -0.05) is 75.1 Å². The molecule has 0 radical (unpaired) electrons. The minimum Gasteiger partial charge on any atom is -0.497 e. The molecule has 0 aliphatic heterocycles. The van der Waals surface area contributed by atoms with Gasteiger partial charge in [-0.15, -0.1) is 0 Å². The standard InChI is InChI=1S/C33H40N2O6Si/c1-33(2,3)42(5,6)41-31(27-13-8-7-9-14-27)30(15-11-10-12-25-16-20-28(21-17-25)35(38)39)34(32(36)37)24-26-18-22-29(40-4)23-19-26/h7-9,13-14,16-23,30-31H,11,15,24H2,1-6H3,(H,36,37)/t30-,31?/m1/s1. The molecule has 3 aromatic carbocycles. The third-order valence-corrected chi connectivity index (χ3v) is 12.2. The zero-order valence-electron chi connectivity index (χ0n) is 25.2. The van der Waals surface area contributed by atoms with Crippen LogP contribution in [0, 0.1) is 22.0 Å². The zero-order valence-corrected chi connectivity index (χ0v) is 26.2. The van der Waals surface area contributed by atoms with Crippen molar-refractivity contribution in [3.63, 3.8) is 0 Å². The van der Waals surface area contributed by atoms with E-state index < -0.39 is 31.5 Å². The van der Waals surface area contributed by atoms with Crippen molar-refractivity contribution in [1.29, 1.82) is 0 Å². The van der Waals surface area contributed by atoms with Gasteiger partial charge in [-0.3, -0.25) is 15.0 Å². The van der Waals surface area contributed by atoms with Crippen LogP contribution in [0.1, 0.15) is 56.4 Å². The highest BCUT2D eigenvalue weighted by Gasteiger charge is 2.43. The predicted molar refractivity (Wildman–Crippen MR) is 167 cm³/mol. The van der Waals surface area contributed by atoms with E-state index in [0.29, 0.717) is 24.2 Å². The number of carboxylic acid groups (broad SMARTS) is 1. The van der Waals surface area contributed by atoms with Crippen LogP contribution in [0.2, 0.25) is 18.1 Å². The Balaban J connectivity index is 2.01. The molecular formula is C33H40N2O6Si. The van der Waals surface area contributed by atoms with Crippen LogP contribution in [0.15, 0.2) is 78.9 Å². The third kappa shape index (κ3) is 8.68. The van der Waals surface area contributed by atoms with E-state index in [4.69, 9.17) is 9.16 Å². The second-order valence-electron chi connectivity index (χ2n) is 11.7. The van der Waals surface area contributed by atoms with E-state index in [-0.39, 0.29) is 17.3 Å². The highest BCUT2D eigenvalue weighted by atomic mass is 28.4. The van der Waals surface area contributed by atoms with Crippen molar-refractivity contribution < 1.29 is 24.0 Å². The molecule has 0 aliphatic rings. The smallest absolute Gasteiger partial charge is 0.407 e. The molecule has 9 heteroatoms. The Morgan fingerprint density at radius 1 is 1.02 bits per heavy atom. The zero-order chi connectivity index (χ0) is 30.9. The lowest BCUT2D eigenvalue weighted by Crippen LogP contribution is -2.49. The summed E-state index contributed by atoms with van der Waals surface area (Å²) in [5, 5.41) is 21.4. The van der Waals surface area contributed by atoms with Crippen LogP contribution in [-0.2, 0) is 11.0 Å². The molecule has 3 rings (SSSR count). The van der Waals surface area contributed by atoms with Gasteiger partial charge in [-0.25, -0.2) is 4.79 Å². The first kappa shape index (κ1) is 32.4. The van der Waals surface area contributed by atoms with Gasteiger partial charge < -0.3 is 14.3 Å². The lowest BCUT2D eigenvalue weighted by atomic mass is 9.96. The number of rotatable bonds is 11. The average molecular weight is 589 g/mol. The first-order chi connectivity index (χ1) is 19.8. The van der Waals surface area contributed by atoms with Crippen LogP contribution in [0.3, 0.4) is 0 Å². The summed E-state index contributed by atoms with van der Waals surface area (Å²) in [6.07, 6.45) is -0.726. The Morgan fingerprint density at radius 2 is 1.64 bits per heavy atom. The first-order valence-corrected chi connectivity index (χ1v) is 16.8. The molecule has 3 aromatic rings. The Bertz CT molecular complexity index is 1390. The fourth-order valence-electron chi connectivity index (χ4n) is 4.28. The number of nitrogens with zero attached hydrogens (tertiary/aromatic N) is 2. The summed E-state index contributed by atoms with van der Waals surface area (Å²) in [6.45, 7) is 11.0. The summed E-state index contributed by atoms with van der Waals surface area (Å²) in [7, 11) is -0.748. The highest BCUT2D eigenvalue weighted by molar-refractivity contribution is 6.74. The van der Waals surface area contributed by atoms with E-state index in [0.717, 1.165) is 11.1 Å². The molecule has 222 valence electrons. The molecule has 0 saturated carbocycles. The molecule has 1 N–H and O–H groups in total. The number of non-ortho nitro benzene ring substituents is 1. The minimum atomic E-state index is -2.34. The molecule has 0 heterocycles. The van der Waals surface area contributed by atoms with Gasteiger partial charge in [0.2, 0.25) is 0 Å². The SMILES string of the molecule is COc1ccc(CN(C(=O)O)[C@H](CCC#Cc2ccc([N+](=O)[O-])cc2)C(O[Si](C)(C)C(C)(C)C)c2ccccc2)cc1. The molecule has 1 amide bonds. The molecule has 0 spiro atoms. The summed E-state index contributed by atoms with van der Waals surface area (Å²) < 4.78 is 12.3. The number of ether oxygens (including phenoxy) is 1. The second-order valence-corrected chi connectivity index (χ2v) is 16.4. The van der Waals surface area contributed by atoms with Crippen molar-refractivity contribution in [2.75, 3.05) is 7.11 Å². The molecule has 0 bridgehead atoms. The van der Waals surface area contributed by atoms with E-state index in [1.54, 1.807) is 19.2 Å². The van der Waals surface area contributed by atoms with Gasteiger partial charge in [0, 0.05) is 30.7 Å². The molecule has 0 fully saturated rings. The van der Waals surface area contributed by atoms with E-state index in [1.807, 2.05) is 54.6 Å². The highest BCUT2D eigenvalue weighted by Crippen LogP contribution is 2.42. The van der Waals surface area contributed by atoms with Crippen molar-refractivity contribution in [2.45, 2.75) is 70.4 Å². The van der Waals surface area contributed by atoms with Gasteiger partial charge in [0.05, 0.1) is 24.2 Å². The molecule has 2 atom stereocenters. The number of hydrogen-bond acceptors (Lipinski definition) is 5. The summed E-state index contributed by atoms with van der Waals surface area (Å²) in [4.78, 5) is 24.9. The maximum atomic E-state index is 12.9. The Kier molecular flexibility index (Phi) is 10.9. The summed E-state index contributed by atoms with van der Waals surface area (Å²) in [5.74, 6) is 6.91. The van der Waals surface area contributed by atoms with Crippen LogP contribution in [0.4, 0.5) is 10.5 Å². The number of methoxy groups -OCH3 is 1. The fraction of sp³-hybridized carbons (Fsp3) is 0.364. The van der Waals surface area contributed by atoms with Gasteiger partial charge in [0.25, 0.3) is 5.69 Å². The van der Waals surface area contributed by atoms with Crippen LogP contribution in [0.25, 0.3) is 0 Å². The molecule has 42 heavy (non-hydrogen) atoms. The van der Waals surface area contributed by atoms with Gasteiger partial charge in [-0.05, 0) is 59.9 Å². The largest absolute Gasteiger partial charge is 0.497 e. The Morgan fingerprint density at radius 3 is 2.17 bits per heavy atom. The van der Waals surface area contributed by atoms with Crippen LogP contribution < -0.4 is 4.74 Å². The monoisotopic (exact) mass is 588 g/mol. The maximum Gasteiger partial charge on any atom is 0.407 e. The lowest BCUT2D eigenvalue weighted by molar-refractivity contribution is -0.384. The fourth-order valence-corrected chi connectivity index (χ4v) is 5.56. The predicted octanol–water partition coefficient (Wildman–Crippen LogP) is 8.05. The lowest BCUT2D eigenvalue weighted by Gasteiger charge is -2.44. The van der Waals surface area contributed by atoms with Crippen molar-refractivity contribution in [1.82, 2.24) is 4.90 Å². The van der Waals surface area contributed by atoms with E-state index in [2.05, 4.69) is 45.7 Å². The van der Waals surface area contributed by atoms with E-state index in [9.17, 15) is 20.0 Å². The maximum absolute atomic E-state index is 12.9. The van der Waals surface area contributed by atoms with Crippen LogP contribution >= 0.6 is 0 Å². The van der Waals surface area contributed by atoms with Crippen LogP contribution in [0.5, 0.6) is 5.75 Å². The van der Waals surface area contributed by atoms with Crippen LogP contribution in [-0.4, -0.2) is 42.5 Å². The van der Waals surface area contributed by atoms with Crippen molar-refractivity contribution >= 4 is 20.1 Å². The number of nitro groups is 1. The first-order valence-electron chi connectivity index (χ1n) is 13.9. The van der Waals surface area contributed by atoms with E-state index >= 15 is 0 Å². The summed E-state index contributed by atoms with van der Waals surface area (Å²) in [6, 6.07) is 22.7. The molecule has 8 nitrogen and oxygen atoms in total. The number of amides is 1. The number of nitro benzene ring substituents is 1.